The van der Waals surface area contributed by atoms with E-state index >= 15 is 0 Å². The molecule has 4 nitrogen and oxygen atoms in total. The van der Waals surface area contributed by atoms with Crippen LogP contribution in [0.4, 0.5) is 13.2 Å². The lowest BCUT2D eigenvalue weighted by Crippen LogP contribution is -2.56. The summed E-state index contributed by atoms with van der Waals surface area (Å²) in [6.07, 6.45) is -4.23. The lowest BCUT2D eigenvalue weighted by atomic mass is 10.0. The number of hydrogen-bond acceptors (Lipinski definition) is 3. The third-order valence-corrected chi connectivity index (χ3v) is 3.43. The summed E-state index contributed by atoms with van der Waals surface area (Å²) >= 11 is 0. The van der Waals surface area contributed by atoms with Crippen molar-refractivity contribution < 1.29 is 17.9 Å². The molecule has 1 atom stereocenters. The van der Waals surface area contributed by atoms with Crippen LogP contribution in [0.25, 0.3) is 0 Å². The topological polar surface area (TPSA) is 30.3 Å². The molecule has 1 unspecified atom stereocenters. The van der Waals surface area contributed by atoms with E-state index in [0.29, 0.717) is 13.1 Å². The lowest BCUT2D eigenvalue weighted by molar-refractivity contribution is -0.273. The zero-order valence-electron chi connectivity index (χ0n) is 12.8. The second-order valence-electron chi connectivity index (χ2n) is 6.46. The molecule has 1 aliphatic heterocycles. The Kier molecular flexibility index (Phi) is 4.35. The zero-order valence-corrected chi connectivity index (χ0v) is 12.8. The van der Waals surface area contributed by atoms with Gasteiger partial charge < -0.3 is 4.74 Å². The van der Waals surface area contributed by atoms with E-state index < -0.39 is 17.9 Å². The number of halogens is 3. The quantitative estimate of drug-likeness (QED) is 0.860. The van der Waals surface area contributed by atoms with Gasteiger partial charge in [-0.05, 0) is 33.8 Å². The number of aromatic nitrogens is 2. The molecule has 1 saturated heterocycles. The first-order valence-electron chi connectivity index (χ1n) is 7.08. The minimum Gasteiger partial charge on any atom is -0.360 e. The fourth-order valence-electron chi connectivity index (χ4n) is 2.57. The highest BCUT2D eigenvalue weighted by Gasteiger charge is 2.48. The number of alkyl halides is 3. The molecule has 21 heavy (non-hydrogen) atoms. The predicted molar refractivity (Wildman–Crippen MR) is 72.9 cm³/mol. The summed E-state index contributed by atoms with van der Waals surface area (Å²) in [6.45, 7) is 8.09. The number of rotatable bonds is 3. The Bertz CT molecular complexity index is 482. The first kappa shape index (κ1) is 16.3. The molecule has 0 amide bonds. The highest BCUT2D eigenvalue weighted by molar-refractivity contribution is 5.01. The van der Waals surface area contributed by atoms with Gasteiger partial charge in [0.05, 0.1) is 11.3 Å². The summed E-state index contributed by atoms with van der Waals surface area (Å²) < 4.78 is 45.8. The SMILES string of the molecule is CC(C)n1ccc(CN2CC(C(F)(F)F)OC(C)(C)C2)n1. The van der Waals surface area contributed by atoms with E-state index in [1.807, 2.05) is 30.8 Å². The van der Waals surface area contributed by atoms with Crippen LogP contribution in [0.3, 0.4) is 0 Å². The Morgan fingerprint density at radius 2 is 2.10 bits per heavy atom. The molecule has 0 spiro atoms. The van der Waals surface area contributed by atoms with Crippen molar-refractivity contribution in [3.63, 3.8) is 0 Å². The van der Waals surface area contributed by atoms with Crippen LogP contribution in [-0.2, 0) is 11.3 Å². The molecule has 7 heteroatoms. The van der Waals surface area contributed by atoms with Crippen molar-refractivity contribution in [2.24, 2.45) is 0 Å². The van der Waals surface area contributed by atoms with Crippen LogP contribution in [-0.4, -0.2) is 45.7 Å². The van der Waals surface area contributed by atoms with Gasteiger partial charge in [-0.15, -0.1) is 0 Å². The Hall–Kier alpha value is -1.08. The molecule has 0 radical (unpaired) electrons. The highest BCUT2D eigenvalue weighted by Crippen LogP contribution is 2.32. The van der Waals surface area contributed by atoms with Gasteiger partial charge in [-0.25, -0.2) is 0 Å². The number of hydrogen-bond donors (Lipinski definition) is 0. The van der Waals surface area contributed by atoms with Gasteiger partial charge in [-0.1, -0.05) is 0 Å². The van der Waals surface area contributed by atoms with Crippen molar-refractivity contribution in [2.45, 2.75) is 58.2 Å². The largest absolute Gasteiger partial charge is 0.415 e. The first-order chi connectivity index (χ1) is 9.57. The average Bonchev–Trinajstić information content (AvgIpc) is 2.74. The average molecular weight is 305 g/mol. The second kappa shape index (κ2) is 5.61. The van der Waals surface area contributed by atoms with Crippen molar-refractivity contribution in [1.82, 2.24) is 14.7 Å². The van der Waals surface area contributed by atoms with Crippen LogP contribution >= 0.6 is 0 Å². The minimum absolute atomic E-state index is 0.151. The van der Waals surface area contributed by atoms with E-state index in [1.54, 1.807) is 18.7 Å². The summed E-state index contributed by atoms with van der Waals surface area (Å²) in [5.41, 5.74) is -0.0405. The third-order valence-electron chi connectivity index (χ3n) is 3.43. The molecule has 2 rings (SSSR count). The molecule has 1 fully saturated rings. The van der Waals surface area contributed by atoms with E-state index in [0.717, 1.165) is 5.69 Å². The fraction of sp³-hybridized carbons (Fsp3) is 0.786. The summed E-state index contributed by atoms with van der Waals surface area (Å²) in [5, 5.41) is 4.39. The number of ether oxygens (including phenoxy) is 1. The Balaban J connectivity index is 2.07. The number of morpholine rings is 1. The van der Waals surface area contributed by atoms with E-state index in [4.69, 9.17) is 4.74 Å². The molecule has 1 aromatic rings. The minimum atomic E-state index is -4.34. The van der Waals surface area contributed by atoms with Gasteiger partial charge in [-0.3, -0.25) is 9.58 Å². The highest BCUT2D eigenvalue weighted by atomic mass is 19.4. The van der Waals surface area contributed by atoms with Crippen LogP contribution in [0, 0.1) is 0 Å². The summed E-state index contributed by atoms with van der Waals surface area (Å²) in [5.74, 6) is 0. The van der Waals surface area contributed by atoms with E-state index in [1.165, 1.54) is 0 Å². The van der Waals surface area contributed by atoms with Crippen LogP contribution < -0.4 is 0 Å². The van der Waals surface area contributed by atoms with Gasteiger partial charge in [0.2, 0.25) is 0 Å². The van der Waals surface area contributed by atoms with Crippen molar-refractivity contribution in [3.05, 3.63) is 18.0 Å². The van der Waals surface area contributed by atoms with Crippen LogP contribution in [0.2, 0.25) is 0 Å². The van der Waals surface area contributed by atoms with Gasteiger partial charge in [0, 0.05) is 31.9 Å². The molecule has 0 saturated carbocycles. The molecule has 0 aromatic carbocycles. The van der Waals surface area contributed by atoms with Crippen LogP contribution in [0.15, 0.2) is 12.3 Å². The molecule has 120 valence electrons. The smallest absolute Gasteiger partial charge is 0.360 e. The molecule has 2 heterocycles. The molecule has 0 bridgehead atoms. The van der Waals surface area contributed by atoms with E-state index in [-0.39, 0.29) is 12.6 Å². The molecule has 0 N–H and O–H groups in total. The Morgan fingerprint density at radius 3 is 2.62 bits per heavy atom. The van der Waals surface area contributed by atoms with Crippen molar-refractivity contribution >= 4 is 0 Å². The van der Waals surface area contributed by atoms with Gasteiger partial charge in [-0.2, -0.15) is 18.3 Å². The standard InChI is InChI=1S/C14H22F3N3O/c1-10(2)20-6-5-11(18-20)7-19-8-12(14(15,16)17)21-13(3,4)9-19/h5-6,10,12H,7-9H2,1-4H3. The Morgan fingerprint density at radius 1 is 1.43 bits per heavy atom. The van der Waals surface area contributed by atoms with Gasteiger partial charge in [0.1, 0.15) is 0 Å². The third kappa shape index (κ3) is 4.20. The maximum Gasteiger partial charge on any atom is 0.415 e. The normalized spacial score (nSPS) is 23.7. The maximum atomic E-state index is 12.9. The van der Waals surface area contributed by atoms with Crippen molar-refractivity contribution in [3.8, 4) is 0 Å². The summed E-state index contributed by atoms with van der Waals surface area (Å²) in [6, 6.07) is 2.09. The maximum absolute atomic E-state index is 12.9. The molecule has 1 aliphatic rings. The van der Waals surface area contributed by atoms with Crippen LogP contribution in [0.5, 0.6) is 0 Å². The first-order valence-corrected chi connectivity index (χ1v) is 7.08. The van der Waals surface area contributed by atoms with Crippen molar-refractivity contribution in [2.75, 3.05) is 13.1 Å². The lowest BCUT2D eigenvalue weighted by Gasteiger charge is -2.43. The fourth-order valence-corrected chi connectivity index (χ4v) is 2.57. The predicted octanol–water partition coefficient (Wildman–Crippen LogP) is 3.01. The Labute approximate surface area is 122 Å². The second-order valence-corrected chi connectivity index (χ2v) is 6.46. The van der Waals surface area contributed by atoms with Gasteiger partial charge in [0.25, 0.3) is 0 Å². The molecular formula is C14H22F3N3O. The van der Waals surface area contributed by atoms with Crippen molar-refractivity contribution in [1.29, 1.82) is 0 Å². The molecule has 1 aromatic heterocycles. The summed E-state index contributed by atoms with van der Waals surface area (Å²) in [4.78, 5) is 1.76. The van der Waals surface area contributed by atoms with Crippen LogP contribution in [0.1, 0.15) is 39.4 Å². The number of nitrogens with zero attached hydrogens (tertiary/aromatic N) is 3. The van der Waals surface area contributed by atoms with E-state index in [2.05, 4.69) is 5.10 Å². The van der Waals surface area contributed by atoms with Gasteiger partial charge >= 0.3 is 6.18 Å². The molecule has 0 aliphatic carbocycles. The monoisotopic (exact) mass is 305 g/mol. The van der Waals surface area contributed by atoms with Gasteiger partial charge in [0.15, 0.2) is 6.10 Å². The molecular weight excluding hydrogens is 283 g/mol. The summed E-state index contributed by atoms with van der Waals surface area (Å²) in [7, 11) is 0. The zero-order chi connectivity index (χ0) is 15.8. The van der Waals surface area contributed by atoms with E-state index in [9.17, 15) is 13.2 Å².